The lowest BCUT2D eigenvalue weighted by atomic mass is 9.94. The first-order valence-electron chi connectivity index (χ1n) is 7.01. The summed E-state index contributed by atoms with van der Waals surface area (Å²) in [5, 5.41) is 0. The van der Waals surface area contributed by atoms with Crippen LogP contribution in [-0.4, -0.2) is 13.2 Å². The lowest BCUT2D eigenvalue weighted by Crippen LogP contribution is -2.10. The molecular weight excluding hydrogens is 222 g/mol. The fraction of sp³-hybridized carbons (Fsp3) is 0.625. The van der Waals surface area contributed by atoms with Crippen molar-refractivity contribution in [3.63, 3.8) is 0 Å². The third-order valence-electron chi connectivity index (χ3n) is 3.17. The van der Waals surface area contributed by atoms with Crippen molar-refractivity contribution in [2.45, 2.75) is 47.0 Å². The topological polar surface area (TPSA) is 35.2 Å². The van der Waals surface area contributed by atoms with Crippen LogP contribution in [0.15, 0.2) is 12.1 Å². The average molecular weight is 249 g/mol. The third kappa shape index (κ3) is 4.34. The van der Waals surface area contributed by atoms with Gasteiger partial charge in [0.05, 0.1) is 6.61 Å². The van der Waals surface area contributed by atoms with E-state index in [9.17, 15) is 0 Å². The van der Waals surface area contributed by atoms with E-state index in [1.807, 2.05) is 0 Å². The Morgan fingerprint density at radius 1 is 1.28 bits per heavy atom. The monoisotopic (exact) mass is 249 g/mol. The second-order valence-corrected chi connectivity index (χ2v) is 5.31. The summed E-state index contributed by atoms with van der Waals surface area (Å²) in [6.45, 7) is 10.2. The molecule has 1 aromatic carbocycles. The van der Waals surface area contributed by atoms with E-state index >= 15 is 0 Å². The summed E-state index contributed by atoms with van der Waals surface area (Å²) in [5.41, 5.74) is 9.52. The number of aryl methyl sites for hydroxylation is 2. The van der Waals surface area contributed by atoms with Gasteiger partial charge in [-0.3, -0.25) is 0 Å². The van der Waals surface area contributed by atoms with E-state index in [0.29, 0.717) is 5.92 Å². The molecule has 0 spiro atoms. The molecule has 0 amide bonds. The van der Waals surface area contributed by atoms with E-state index in [0.717, 1.165) is 38.2 Å². The zero-order chi connectivity index (χ0) is 13.5. The lowest BCUT2D eigenvalue weighted by molar-refractivity contribution is 0.310. The molecule has 0 saturated carbocycles. The van der Waals surface area contributed by atoms with Crippen LogP contribution in [0, 0.1) is 19.8 Å². The van der Waals surface area contributed by atoms with Crippen LogP contribution < -0.4 is 10.5 Å². The highest BCUT2D eigenvalue weighted by molar-refractivity contribution is 5.44. The molecule has 1 unspecified atom stereocenters. The Labute approximate surface area is 112 Å². The van der Waals surface area contributed by atoms with Crippen LogP contribution >= 0.6 is 0 Å². The maximum Gasteiger partial charge on any atom is 0.125 e. The van der Waals surface area contributed by atoms with Gasteiger partial charge < -0.3 is 10.5 Å². The number of hydrogen-bond acceptors (Lipinski definition) is 2. The maximum absolute atomic E-state index is 5.92. The average Bonchev–Trinajstić information content (AvgIpc) is 2.28. The maximum atomic E-state index is 5.92. The zero-order valence-electron chi connectivity index (χ0n) is 12.3. The fourth-order valence-corrected chi connectivity index (χ4v) is 2.37. The molecule has 0 fully saturated rings. The van der Waals surface area contributed by atoms with E-state index in [2.05, 4.69) is 39.8 Å². The number of hydrogen-bond donors (Lipinski definition) is 1. The standard InChI is InChI=1S/C16H27NO/c1-5-8-18-16-14(4)9-13(3)11-15(16)10-12(2)6-7-17/h9,11-12H,5-8,10,17H2,1-4H3. The molecule has 0 heterocycles. The Morgan fingerprint density at radius 2 is 2.00 bits per heavy atom. The molecule has 2 N–H and O–H groups in total. The number of nitrogens with two attached hydrogens (primary N) is 1. The van der Waals surface area contributed by atoms with Crippen LogP contribution in [0.4, 0.5) is 0 Å². The van der Waals surface area contributed by atoms with E-state index in [-0.39, 0.29) is 0 Å². The molecule has 2 nitrogen and oxygen atoms in total. The van der Waals surface area contributed by atoms with Crippen molar-refractivity contribution in [2.75, 3.05) is 13.2 Å². The summed E-state index contributed by atoms with van der Waals surface area (Å²) in [6.07, 6.45) is 3.17. The van der Waals surface area contributed by atoms with Crippen molar-refractivity contribution in [3.8, 4) is 5.75 Å². The Kier molecular flexibility index (Phi) is 6.20. The van der Waals surface area contributed by atoms with Gasteiger partial charge in [0, 0.05) is 0 Å². The molecule has 0 aliphatic carbocycles. The molecule has 0 aliphatic heterocycles. The third-order valence-corrected chi connectivity index (χ3v) is 3.17. The van der Waals surface area contributed by atoms with Gasteiger partial charge in [0.25, 0.3) is 0 Å². The van der Waals surface area contributed by atoms with Crippen molar-refractivity contribution in [2.24, 2.45) is 11.7 Å². The lowest BCUT2D eigenvalue weighted by Gasteiger charge is -2.17. The van der Waals surface area contributed by atoms with E-state index < -0.39 is 0 Å². The predicted molar refractivity (Wildman–Crippen MR) is 78.2 cm³/mol. The summed E-state index contributed by atoms with van der Waals surface area (Å²) in [4.78, 5) is 0. The van der Waals surface area contributed by atoms with Gasteiger partial charge in [-0.15, -0.1) is 0 Å². The van der Waals surface area contributed by atoms with Crippen molar-refractivity contribution >= 4 is 0 Å². The van der Waals surface area contributed by atoms with Crippen LogP contribution in [0.2, 0.25) is 0 Å². The van der Waals surface area contributed by atoms with Crippen LogP contribution in [0.25, 0.3) is 0 Å². The van der Waals surface area contributed by atoms with Gasteiger partial charge in [-0.2, -0.15) is 0 Å². The second-order valence-electron chi connectivity index (χ2n) is 5.31. The molecule has 1 atom stereocenters. The predicted octanol–water partition coefficient (Wildman–Crippen LogP) is 3.62. The minimum absolute atomic E-state index is 0.611. The first kappa shape index (κ1) is 15.0. The SMILES string of the molecule is CCCOc1c(C)cc(C)cc1CC(C)CCN. The Bertz CT molecular complexity index is 374. The highest BCUT2D eigenvalue weighted by Gasteiger charge is 2.11. The van der Waals surface area contributed by atoms with Crippen molar-refractivity contribution < 1.29 is 4.74 Å². The molecule has 0 aromatic heterocycles. The minimum Gasteiger partial charge on any atom is -0.493 e. The smallest absolute Gasteiger partial charge is 0.125 e. The summed E-state index contributed by atoms with van der Waals surface area (Å²) in [5.74, 6) is 1.70. The second kappa shape index (κ2) is 7.42. The van der Waals surface area contributed by atoms with Gasteiger partial charge in [-0.25, -0.2) is 0 Å². The van der Waals surface area contributed by atoms with Crippen molar-refractivity contribution in [3.05, 3.63) is 28.8 Å². The summed E-state index contributed by atoms with van der Waals surface area (Å²) < 4.78 is 5.92. The molecular formula is C16H27NO. The number of rotatable bonds is 7. The van der Waals surface area contributed by atoms with Gasteiger partial charge in [0.1, 0.15) is 5.75 Å². The first-order valence-corrected chi connectivity index (χ1v) is 7.01. The number of benzene rings is 1. The van der Waals surface area contributed by atoms with Gasteiger partial charge >= 0.3 is 0 Å². The molecule has 1 aromatic rings. The van der Waals surface area contributed by atoms with Crippen LogP contribution in [-0.2, 0) is 6.42 Å². The minimum atomic E-state index is 0.611. The van der Waals surface area contributed by atoms with Crippen LogP contribution in [0.5, 0.6) is 5.75 Å². The Balaban J connectivity index is 2.91. The van der Waals surface area contributed by atoms with Gasteiger partial charge in [-0.05, 0) is 56.7 Å². The first-order chi connectivity index (χ1) is 8.58. The molecule has 0 aliphatic rings. The highest BCUT2D eigenvalue weighted by Crippen LogP contribution is 2.28. The highest BCUT2D eigenvalue weighted by atomic mass is 16.5. The molecule has 102 valence electrons. The summed E-state index contributed by atoms with van der Waals surface area (Å²) in [7, 11) is 0. The van der Waals surface area contributed by atoms with E-state index in [1.54, 1.807) is 0 Å². The molecule has 18 heavy (non-hydrogen) atoms. The van der Waals surface area contributed by atoms with Gasteiger partial charge in [0.15, 0.2) is 0 Å². The Hall–Kier alpha value is -1.02. The molecule has 0 radical (unpaired) electrons. The molecule has 0 bridgehead atoms. The fourth-order valence-electron chi connectivity index (χ4n) is 2.37. The molecule has 0 saturated heterocycles. The van der Waals surface area contributed by atoms with Gasteiger partial charge in [-0.1, -0.05) is 31.5 Å². The molecule has 2 heteroatoms. The van der Waals surface area contributed by atoms with Crippen LogP contribution in [0.1, 0.15) is 43.4 Å². The van der Waals surface area contributed by atoms with Crippen molar-refractivity contribution in [1.82, 2.24) is 0 Å². The normalized spacial score (nSPS) is 12.5. The summed E-state index contributed by atoms with van der Waals surface area (Å²) >= 11 is 0. The van der Waals surface area contributed by atoms with Crippen molar-refractivity contribution in [1.29, 1.82) is 0 Å². The largest absolute Gasteiger partial charge is 0.493 e. The number of ether oxygens (including phenoxy) is 1. The van der Waals surface area contributed by atoms with Crippen LogP contribution in [0.3, 0.4) is 0 Å². The zero-order valence-corrected chi connectivity index (χ0v) is 12.3. The van der Waals surface area contributed by atoms with Gasteiger partial charge in [0.2, 0.25) is 0 Å². The quantitative estimate of drug-likeness (QED) is 0.801. The summed E-state index contributed by atoms with van der Waals surface area (Å²) in [6, 6.07) is 4.45. The Morgan fingerprint density at radius 3 is 2.61 bits per heavy atom. The van der Waals surface area contributed by atoms with E-state index in [4.69, 9.17) is 10.5 Å². The molecule has 1 rings (SSSR count). The van der Waals surface area contributed by atoms with E-state index in [1.165, 1.54) is 16.7 Å².